The molecule has 5 nitrogen and oxygen atoms in total. The molecular formula is C22H20Cl2N2O3. The molecule has 0 unspecified atom stereocenters. The molecule has 1 saturated carbocycles. The maximum absolute atomic E-state index is 12.5. The molecule has 0 spiro atoms. The van der Waals surface area contributed by atoms with E-state index < -0.39 is 5.97 Å². The van der Waals surface area contributed by atoms with Crippen molar-refractivity contribution in [3.63, 3.8) is 0 Å². The van der Waals surface area contributed by atoms with E-state index in [9.17, 15) is 4.79 Å². The Morgan fingerprint density at radius 1 is 1.17 bits per heavy atom. The lowest BCUT2D eigenvalue weighted by Gasteiger charge is -2.11. The molecule has 1 aliphatic rings. The summed E-state index contributed by atoms with van der Waals surface area (Å²) in [6.45, 7) is 1.98. The number of aromatic nitrogens is 2. The van der Waals surface area contributed by atoms with E-state index in [1.165, 1.54) is 25.5 Å². The Labute approximate surface area is 179 Å². The number of hydrogen-bond acceptors (Lipinski definition) is 4. The van der Waals surface area contributed by atoms with Gasteiger partial charge in [0.05, 0.1) is 24.4 Å². The summed E-state index contributed by atoms with van der Waals surface area (Å²) in [5, 5.41) is 5.42. The largest absolute Gasteiger partial charge is 0.492 e. The van der Waals surface area contributed by atoms with Gasteiger partial charge in [-0.05, 0) is 49.4 Å². The minimum atomic E-state index is -0.552. The molecule has 29 heavy (non-hydrogen) atoms. The van der Waals surface area contributed by atoms with Gasteiger partial charge in [0.2, 0.25) is 5.69 Å². The quantitative estimate of drug-likeness (QED) is 0.456. The van der Waals surface area contributed by atoms with Crippen LogP contribution in [0.4, 0.5) is 0 Å². The average molecular weight is 431 g/mol. The van der Waals surface area contributed by atoms with Crippen LogP contribution in [0.25, 0.3) is 16.9 Å². The average Bonchev–Trinajstić information content (AvgIpc) is 3.48. The fourth-order valence-corrected chi connectivity index (χ4v) is 3.83. The molecular weight excluding hydrogens is 411 g/mol. The standard InChI is InChI=1S/C22H20Cl2N2O3/c1-3-29-22(27)19-21(28-2)20(15-8-6-14(7-9-15)13-4-5-13)26(25-19)18-11-10-16(23)12-17(18)24/h6-13H,3-5H2,1-2H3. The van der Waals surface area contributed by atoms with Crippen molar-refractivity contribution in [3.05, 3.63) is 63.8 Å². The molecule has 1 aromatic heterocycles. The number of ether oxygens (including phenoxy) is 2. The molecule has 0 aliphatic heterocycles. The summed E-state index contributed by atoms with van der Waals surface area (Å²) >= 11 is 12.5. The Morgan fingerprint density at radius 3 is 2.48 bits per heavy atom. The summed E-state index contributed by atoms with van der Waals surface area (Å²) in [6, 6.07) is 13.4. The van der Waals surface area contributed by atoms with Crippen molar-refractivity contribution in [1.29, 1.82) is 0 Å². The Balaban J connectivity index is 1.91. The van der Waals surface area contributed by atoms with Crippen LogP contribution in [0.1, 0.15) is 41.7 Å². The predicted octanol–water partition coefficient (Wildman–Crippen LogP) is 5.91. The first-order valence-electron chi connectivity index (χ1n) is 9.43. The molecule has 0 atom stereocenters. The van der Waals surface area contributed by atoms with Crippen molar-refractivity contribution in [1.82, 2.24) is 9.78 Å². The van der Waals surface area contributed by atoms with Crippen LogP contribution in [-0.2, 0) is 4.74 Å². The van der Waals surface area contributed by atoms with Crippen molar-refractivity contribution < 1.29 is 14.3 Å². The highest BCUT2D eigenvalue weighted by Crippen LogP contribution is 2.42. The van der Waals surface area contributed by atoms with E-state index in [2.05, 4.69) is 17.2 Å². The Morgan fingerprint density at radius 2 is 1.90 bits per heavy atom. The normalized spacial score (nSPS) is 13.4. The van der Waals surface area contributed by atoms with Crippen LogP contribution in [-0.4, -0.2) is 29.5 Å². The monoisotopic (exact) mass is 430 g/mol. The third-order valence-corrected chi connectivity index (χ3v) is 5.42. The minimum Gasteiger partial charge on any atom is -0.492 e. The van der Waals surface area contributed by atoms with Crippen molar-refractivity contribution in [2.75, 3.05) is 13.7 Å². The summed E-state index contributed by atoms with van der Waals surface area (Å²) in [6.07, 6.45) is 2.46. The number of nitrogens with zero attached hydrogens (tertiary/aromatic N) is 2. The fraction of sp³-hybridized carbons (Fsp3) is 0.273. The van der Waals surface area contributed by atoms with Gasteiger partial charge in [-0.25, -0.2) is 9.48 Å². The third kappa shape index (κ3) is 3.85. The molecule has 0 bridgehead atoms. The van der Waals surface area contributed by atoms with E-state index in [0.717, 1.165) is 5.56 Å². The number of carbonyl (C=O) groups is 1. The molecule has 2 aromatic carbocycles. The fourth-order valence-electron chi connectivity index (χ4n) is 3.34. The molecule has 3 aromatic rings. The van der Waals surface area contributed by atoms with E-state index in [4.69, 9.17) is 32.7 Å². The molecule has 4 rings (SSSR count). The topological polar surface area (TPSA) is 53.3 Å². The van der Waals surface area contributed by atoms with Crippen LogP contribution in [0, 0.1) is 0 Å². The second-order valence-corrected chi connectivity index (χ2v) is 7.70. The van der Waals surface area contributed by atoms with Crippen LogP contribution < -0.4 is 4.74 Å². The van der Waals surface area contributed by atoms with Crippen molar-refractivity contribution in [2.24, 2.45) is 0 Å². The molecule has 0 saturated heterocycles. The summed E-state index contributed by atoms with van der Waals surface area (Å²) in [5.74, 6) is 0.439. The van der Waals surface area contributed by atoms with Gasteiger partial charge in [-0.2, -0.15) is 5.10 Å². The van der Waals surface area contributed by atoms with Gasteiger partial charge in [0.15, 0.2) is 5.75 Å². The smallest absolute Gasteiger partial charge is 0.362 e. The first kappa shape index (κ1) is 19.8. The van der Waals surface area contributed by atoms with Gasteiger partial charge in [0.25, 0.3) is 0 Å². The van der Waals surface area contributed by atoms with Gasteiger partial charge < -0.3 is 9.47 Å². The van der Waals surface area contributed by atoms with E-state index in [1.807, 2.05) is 12.1 Å². The number of methoxy groups -OCH3 is 1. The summed E-state index contributed by atoms with van der Waals surface area (Å²) in [7, 11) is 1.51. The number of hydrogen-bond donors (Lipinski definition) is 0. The van der Waals surface area contributed by atoms with Gasteiger partial charge in [-0.1, -0.05) is 47.5 Å². The number of carbonyl (C=O) groups excluding carboxylic acids is 1. The first-order chi connectivity index (χ1) is 14.0. The van der Waals surface area contributed by atoms with Gasteiger partial charge >= 0.3 is 5.97 Å². The van der Waals surface area contributed by atoms with Crippen LogP contribution >= 0.6 is 23.2 Å². The highest BCUT2D eigenvalue weighted by Gasteiger charge is 2.28. The Hall–Kier alpha value is -2.50. The molecule has 1 aliphatic carbocycles. The molecule has 0 N–H and O–H groups in total. The highest BCUT2D eigenvalue weighted by atomic mass is 35.5. The number of halogens is 2. The number of benzene rings is 2. The molecule has 0 amide bonds. The molecule has 150 valence electrons. The highest BCUT2D eigenvalue weighted by molar-refractivity contribution is 6.35. The summed E-state index contributed by atoms with van der Waals surface area (Å²) < 4.78 is 12.4. The van der Waals surface area contributed by atoms with Crippen molar-refractivity contribution in [3.8, 4) is 22.7 Å². The maximum Gasteiger partial charge on any atom is 0.362 e. The maximum atomic E-state index is 12.5. The first-order valence-corrected chi connectivity index (χ1v) is 10.2. The lowest BCUT2D eigenvalue weighted by molar-refractivity contribution is 0.0515. The molecule has 1 heterocycles. The van der Waals surface area contributed by atoms with Gasteiger partial charge in [-0.15, -0.1) is 0 Å². The van der Waals surface area contributed by atoms with Crippen molar-refractivity contribution in [2.45, 2.75) is 25.7 Å². The zero-order chi connectivity index (χ0) is 20.5. The Bertz CT molecular complexity index is 1060. The molecule has 1 fully saturated rings. The van der Waals surface area contributed by atoms with E-state index in [1.54, 1.807) is 29.8 Å². The molecule has 7 heteroatoms. The van der Waals surface area contributed by atoms with E-state index >= 15 is 0 Å². The van der Waals surface area contributed by atoms with Gasteiger partial charge in [0, 0.05) is 10.6 Å². The van der Waals surface area contributed by atoms with Crippen LogP contribution in [0.5, 0.6) is 5.75 Å². The molecule has 0 radical (unpaired) electrons. The Kier molecular flexibility index (Phi) is 5.52. The van der Waals surface area contributed by atoms with Gasteiger partial charge in [0.1, 0.15) is 5.69 Å². The minimum absolute atomic E-state index is 0.0987. The predicted molar refractivity (Wildman–Crippen MR) is 114 cm³/mol. The second-order valence-electron chi connectivity index (χ2n) is 6.85. The summed E-state index contributed by atoms with van der Waals surface area (Å²) in [5.41, 5.74) is 3.49. The number of rotatable bonds is 6. The second kappa shape index (κ2) is 8.09. The van der Waals surface area contributed by atoms with Crippen molar-refractivity contribution >= 4 is 29.2 Å². The SMILES string of the molecule is CCOC(=O)c1nn(-c2ccc(Cl)cc2Cl)c(-c2ccc(C3CC3)cc2)c1OC. The zero-order valence-electron chi connectivity index (χ0n) is 16.1. The van der Waals surface area contributed by atoms with Crippen LogP contribution in [0.2, 0.25) is 10.0 Å². The van der Waals surface area contributed by atoms with E-state index in [0.29, 0.717) is 33.1 Å². The van der Waals surface area contributed by atoms with Gasteiger partial charge in [-0.3, -0.25) is 0 Å². The zero-order valence-corrected chi connectivity index (χ0v) is 17.6. The number of esters is 1. The van der Waals surface area contributed by atoms with E-state index in [-0.39, 0.29) is 12.3 Å². The lowest BCUT2D eigenvalue weighted by atomic mass is 10.0. The van der Waals surface area contributed by atoms with Crippen LogP contribution in [0.3, 0.4) is 0 Å². The summed E-state index contributed by atoms with van der Waals surface area (Å²) in [4.78, 5) is 12.5. The lowest BCUT2D eigenvalue weighted by Crippen LogP contribution is -2.08. The van der Waals surface area contributed by atoms with Crippen LogP contribution in [0.15, 0.2) is 42.5 Å². The third-order valence-electron chi connectivity index (χ3n) is 4.89.